The first-order valence-electron chi connectivity index (χ1n) is 5.44. The van der Waals surface area contributed by atoms with Crippen LogP contribution in [0.3, 0.4) is 0 Å². The standard InChI is InChI=1S/C12H14FN3S/c1-8-7-11(13)4-3-10(8)5-6-14-12-15-9(2)16-17-12/h3-4,7H,5-6H2,1-2H3,(H,14,15,16). The van der Waals surface area contributed by atoms with Crippen LogP contribution in [0.4, 0.5) is 9.52 Å². The molecule has 0 atom stereocenters. The van der Waals surface area contributed by atoms with Crippen molar-refractivity contribution in [3.05, 3.63) is 41.0 Å². The van der Waals surface area contributed by atoms with E-state index in [4.69, 9.17) is 0 Å². The summed E-state index contributed by atoms with van der Waals surface area (Å²) in [5.74, 6) is 0.606. The number of benzene rings is 1. The minimum atomic E-state index is -0.182. The Kier molecular flexibility index (Phi) is 3.68. The second-order valence-electron chi connectivity index (χ2n) is 3.89. The summed E-state index contributed by atoms with van der Waals surface area (Å²) >= 11 is 1.36. The average molecular weight is 251 g/mol. The number of aryl methyl sites for hydroxylation is 2. The molecule has 0 bridgehead atoms. The topological polar surface area (TPSA) is 37.8 Å². The van der Waals surface area contributed by atoms with Gasteiger partial charge in [0.05, 0.1) is 0 Å². The second kappa shape index (κ2) is 5.23. The fourth-order valence-electron chi connectivity index (χ4n) is 1.61. The first-order chi connectivity index (χ1) is 8.15. The van der Waals surface area contributed by atoms with Crippen molar-refractivity contribution >= 4 is 16.7 Å². The van der Waals surface area contributed by atoms with Gasteiger partial charge in [-0.25, -0.2) is 9.37 Å². The monoisotopic (exact) mass is 251 g/mol. The van der Waals surface area contributed by atoms with Crippen molar-refractivity contribution in [3.8, 4) is 0 Å². The van der Waals surface area contributed by atoms with Gasteiger partial charge in [0.15, 0.2) is 0 Å². The molecule has 0 radical (unpaired) electrons. The molecule has 0 aliphatic carbocycles. The third-order valence-corrected chi connectivity index (χ3v) is 3.27. The lowest BCUT2D eigenvalue weighted by molar-refractivity contribution is 0.625. The Balaban J connectivity index is 1.90. The fraction of sp³-hybridized carbons (Fsp3) is 0.333. The number of rotatable bonds is 4. The summed E-state index contributed by atoms with van der Waals surface area (Å²) in [5.41, 5.74) is 2.14. The Hall–Kier alpha value is -1.49. The van der Waals surface area contributed by atoms with Crippen LogP contribution in [0.5, 0.6) is 0 Å². The van der Waals surface area contributed by atoms with Gasteiger partial charge in [-0.2, -0.15) is 4.37 Å². The van der Waals surface area contributed by atoms with E-state index in [9.17, 15) is 4.39 Å². The van der Waals surface area contributed by atoms with Gasteiger partial charge in [0.2, 0.25) is 5.13 Å². The number of anilines is 1. The van der Waals surface area contributed by atoms with Gasteiger partial charge >= 0.3 is 0 Å². The number of aromatic nitrogens is 2. The van der Waals surface area contributed by atoms with Crippen LogP contribution < -0.4 is 5.32 Å². The quantitative estimate of drug-likeness (QED) is 0.907. The van der Waals surface area contributed by atoms with Crippen LogP contribution in [-0.2, 0) is 6.42 Å². The highest BCUT2D eigenvalue weighted by Crippen LogP contribution is 2.13. The van der Waals surface area contributed by atoms with Crippen molar-refractivity contribution in [1.29, 1.82) is 0 Å². The van der Waals surface area contributed by atoms with E-state index in [0.717, 1.165) is 35.0 Å². The zero-order chi connectivity index (χ0) is 12.3. The Bertz CT molecular complexity index is 510. The van der Waals surface area contributed by atoms with Crippen molar-refractivity contribution in [2.24, 2.45) is 0 Å². The smallest absolute Gasteiger partial charge is 0.202 e. The van der Waals surface area contributed by atoms with E-state index in [1.54, 1.807) is 6.07 Å². The number of hydrogen-bond donors (Lipinski definition) is 1. The summed E-state index contributed by atoms with van der Waals surface area (Å²) in [7, 11) is 0. The van der Waals surface area contributed by atoms with Crippen LogP contribution in [0.1, 0.15) is 17.0 Å². The molecule has 1 aromatic heterocycles. The molecule has 1 aromatic carbocycles. The molecule has 0 aliphatic rings. The van der Waals surface area contributed by atoms with Gasteiger partial charge in [-0.3, -0.25) is 0 Å². The first-order valence-corrected chi connectivity index (χ1v) is 6.22. The summed E-state index contributed by atoms with van der Waals surface area (Å²) < 4.78 is 17.0. The fourth-order valence-corrected chi connectivity index (χ4v) is 2.21. The summed E-state index contributed by atoms with van der Waals surface area (Å²) in [6.07, 6.45) is 0.852. The molecule has 0 saturated heterocycles. The van der Waals surface area contributed by atoms with Gasteiger partial charge in [-0.1, -0.05) is 6.07 Å². The third-order valence-electron chi connectivity index (χ3n) is 2.50. The zero-order valence-corrected chi connectivity index (χ0v) is 10.6. The van der Waals surface area contributed by atoms with E-state index in [-0.39, 0.29) is 5.82 Å². The molecule has 0 saturated carbocycles. The van der Waals surface area contributed by atoms with Crippen molar-refractivity contribution in [2.75, 3.05) is 11.9 Å². The largest absolute Gasteiger partial charge is 0.360 e. The van der Waals surface area contributed by atoms with E-state index in [0.29, 0.717) is 0 Å². The van der Waals surface area contributed by atoms with Crippen molar-refractivity contribution in [2.45, 2.75) is 20.3 Å². The van der Waals surface area contributed by atoms with E-state index >= 15 is 0 Å². The highest BCUT2D eigenvalue weighted by Gasteiger charge is 2.02. The number of nitrogens with one attached hydrogen (secondary N) is 1. The van der Waals surface area contributed by atoms with Gasteiger partial charge in [0.1, 0.15) is 11.6 Å². The van der Waals surface area contributed by atoms with E-state index < -0.39 is 0 Å². The van der Waals surface area contributed by atoms with E-state index in [2.05, 4.69) is 14.7 Å². The molecule has 0 fully saturated rings. The average Bonchev–Trinajstić information content (AvgIpc) is 2.68. The number of nitrogens with zero attached hydrogens (tertiary/aromatic N) is 2. The predicted octanol–water partition coefficient (Wildman–Crippen LogP) is 2.95. The van der Waals surface area contributed by atoms with Crippen LogP contribution in [0.15, 0.2) is 18.2 Å². The van der Waals surface area contributed by atoms with Crippen LogP contribution in [-0.4, -0.2) is 15.9 Å². The molecular formula is C12H14FN3S. The summed E-state index contributed by atoms with van der Waals surface area (Å²) in [5, 5.41) is 4.04. The Morgan fingerprint density at radius 3 is 2.82 bits per heavy atom. The molecule has 2 rings (SSSR count). The molecule has 1 heterocycles. The Labute approximate surface area is 104 Å². The normalized spacial score (nSPS) is 10.5. The van der Waals surface area contributed by atoms with Crippen molar-refractivity contribution < 1.29 is 4.39 Å². The maximum absolute atomic E-state index is 12.9. The molecular weight excluding hydrogens is 237 g/mol. The minimum Gasteiger partial charge on any atom is -0.360 e. The van der Waals surface area contributed by atoms with Crippen molar-refractivity contribution in [1.82, 2.24) is 9.36 Å². The number of halogens is 1. The number of hydrogen-bond acceptors (Lipinski definition) is 4. The maximum Gasteiger partial charge on any atom is 0.202 e. The predicted molar refractivity (Wildman–Crippen MR) is 68.0 cm³/mol. The molecule has 5 heteroatoms. The lowest BCUT2D eigenvalue weighted by Crippen LogP contribution is -2.05. The summed E-state index contributed by atoms with van der Waals surface area (Å²) in [6.45, 7) is 4.57. The molecule has 0 amide bonds. The molecule has 0 unspecified atom stereocenters. The van der Waals surface area contributed by atoms with Crippen molar-refractivity contribution in [3.63, 3.8) is 0 Å². The summed E-state index contributed by atoms with van der Waals surface area (Å²) in [4.78, 5) is 4.21. The van der Waals surface area contributed by atoms with Crippen LogP contribution >= 0.6 is 11.5 Å². The van der Waals surface area contributed by atoms with Gasteiger partial charge in [0, 0.05) is 18.1 Å². The SMILES string of the molecule is Cc1nsc(NCCc2ccc(F)cc2C)n1. The lowest BCUT2D eigenvalue weighted by atomic mass is 10.1. The minimum absolute atomic E-state index is 0.182. The molecule has 1 N–H and O–H groups in total. The highest BCUT2D eigenvalue weighted by molar-refractivity contribution is 7.09. The highest BCUT2D eigenvalue weighted by atomic mass is 32.1. The van der Waals surface area contributed by atoms with Gasteiger partial charge in [0.25, 0.3) is 0 Å². The molecule has 2 aromatic rings. The van der Waals surface area contributed by atoms with Gasteiger partial charge in [-0.05, 0) is 43.5 Å². The van der Waals surface area contributed by atoms with Gasteiger partial charge < -0.3 is 5.32 Å². The zero-order valence-electron chi connectivity index (χ0n) is 9.83. The van der Waals surface area contributed by atoms with Crippen LogP contribution in [0.2, 0.25) is 0 Å². The van der Waals surface area contributed by atoms with E-state index in [1.807, 2.05) is 19.9 Å². The Morgan fingerprint density at radius 2 is 2.18 bits per heavy atom. The second-order valence-corrected chi connectivity index (χ2v) is 4.65. The maximum atomic E-state index is 12.9. The lowest BCUT2D eigenvalue weighted by Gasteiger charge is -2.06. The third kappa shape index (κ3) is 3.23. The summed E-state index contributed by atoms with van der Waals surface area (Å²) in [6, 6.07) is 4.89. The molecule has 3 nitrogen and oxygen atoms in total. The van der Waals surface area contributed by atoms with Crippen LogP contribution in [0, 0.1) is 19.7 Å². The van der Waals surface area contributed by atoms with Crippen LogP contribution in [0.25, 0.3) is 0 Å². The molecule has 0 aliphatic heterocycles. The van der Waals surface area contributed by atoms with Gasteiger partial charge in [-0.15, -0.1) is 0 Å². The molecule has 90 valence electrons. The first kappa shape index (κ1) is 12.0. The molecule has 17 heavy (non-hydrogen) atoms. The molecule has 0 spiro atoms. The Morgan fingerprint density at radius 1 is 1.35 bits per heavy atom. The van der Waals surface area contributed by atoms with E-state index in [1.165, 1.54) is 17.6 Å².